The summed E-state index contributed by atoms with van der Waals surface area (Å²) in [4.78, 5) is 13.8. The van der Waals surface area contributed by atoms with E-state index in [-0.39, 0.29) is 0 Å². The summed E-state index contributed by atoms with van der Waals surface area (Å²) in [7, 11) is 0. The molecule has 4 rings (SSSR count). The van der Waals surface area contributed by atoms with Crippen LogP contribution < -0.4 is 4.90 Å². The molecule has 0 radical (unpaired) electrons. The van der Waals surface area contributed by atoms with Gasteiger partial charge in [-0.05, 0) is 49.3 Å². The molecule has 0 N–H and O–H groups in total. The Morgan fingerprint density at radius 2 is 2.32 bits per heavy atom. The van der Waals surface area contributed by atoms with E-state index in [1.165, 1.54) is 29.5 Å². The van der Waals surface area contributed by atoms with Crippen molar-refractivity contribution in [1.29, 1.82) is 0 Å². The Morgan fingerprint density at radius 1 is 1.42 bits per heavy atom. The fourth-order valence-corrected chi connectivity index (χ4v) is 4.68. The van der Waals surface area contributed by atoms with Crippen molar-refractivity contribution in [2.45, 2.75) is 38.6 Å². The maximum absolute atomic E-state index is 6.11. The average Bonchev–Trinajstić information content (AvgIpc) is 3.11. The smallest absolute Gasteiger partial charge is 0.225 e. The van der Waals surface area contributed by atoms with E-state index in [9.17, 15) is 0 Å². The highest BCUT2D eigenvalue weighted by molar-refractivity contribution is 7.18. The SMILES string of the molecule is CCc1cc2c(N3CC4CCC3C4)nc(Cl)nc2s1. The van der Waals surface area contributed by atoms with E-state index in [0.717, 1.165) is 29.5 Å². The van der Waals surface area contributed by atoms with Crippen LogP contribution in [0.1, 0.15) is 31.1 Å². The van der Waals surface area contributed by atoms with E-state index in [1.54, 1.807) is 11.3 Å². The van der Waals surface area contributed by atoms with Gasteiger partial charge in [-0.1, -0.05) is 6.92 Å². The van der Waals surface area contributed by atoms with Crippen molar-refractivity contribution in [2.75, 3.05) is 11.4 Å². The molecule has 0 amide bonds. The standard InChI is InChI=1S/C14H16ClN3S/c1-2-10-6-11-12(16-14(15)17-13(11)19-10)18-7-8-3-4-9(18)5-8/h6,8-9H,2-5,7H2,1H3. The van der Waals surface area contributed by atoms with Crippen molar-refractivity contribution in [1.82, 2.24) is 9.97 Å². The number of hydrogen-bond acceptors (Lipinski definition) is 4. The van der Waals surface area contributed by atoms with Crippen molar-refractivity contribution in [2.24, 2.45) is 5.92 Å². The molecule has 1 aliphatic carbocycles. The number of fused-ring (bicyclic) bond motifs is 3. The zero-order valence-corrected chi connectivity index (χ0v) is 12.5. The van der Waals surface area contributed by atoms with Gasteiger partial charge >= 0.3 is 0 Å². The predicted octanol–water partition coefficient (Wildman–Crippen LogP) is 3.90. The summed E-state index contributed by atoms with van der Waals surface area (Å²) < 4.78 is 0. The maximum Gasteiger partial charge on any atom is 0.225 e. The zero-order valence-electron chi connectivity index (χ0n) is 10.9. The fourth-order valence-electron chi connectivity index (χ4n) is 3.51. The highest BCUT2D eigenvalue weighted by atomic mass is 35.5. The van der Waals surface area contributed by atoms with Crippen LogP contribution in [0.25, 0.3) is 10.2 Å². The molecule has 3 heterocycles. The first-order valence-electron chi connectivity index (χ1n) is 6.97. The van der Waals surface area contributed by atoms with Gasteiger partial charge in [0.25, 0.3) is 0 Å². The minimum atomic E-state index is 0.384. The van der Waals surface area contributed by atoms with Crippen LogP contribution in [0.15, 0.2) is 6.07 Å². The molecule has 2 fully saturated rings. The number of rotatable bonds is 2. The van der Waals surface area contributed by atoms with Gasteiger partial charge in [0.1, 0.15) is 10.6 Å². The maximum atomic E-state index is 6.11. The van der Waals surface area contributed by atoms with Gasteiger partial charge in [0.15, 0.2) is 0 Å². The van der Waals surface area contributed by atoms with E-state index in [2.05, 4.69) is 27.9 Å². The van der Waals surface area contributed by atoms with Crippen LogP contribution in [-0.2, 0) is 6.42 Å². The van der Waals surface area contributed by atoms with Crippen molar-refractivity contribution in [3.8, 4) is 0 Å². The molecule has 2 aliphatic rings. The monoisotopic (exact) mass is 293 g/mol. The van der Waals surface area contributed by atoms with Gasteiger partial charge in [-0.15, -0.1) is 11.3 Å². The van der Waals surface area contributed by atoms with Gasteiger partial charge in [0.2, 0.25) is 5.28 Å². The fraction of sp³-hybridized carbons (Fsp3) is 0.571. The number of piperidine rings is 1. The Hall–Kier alpha value is -0.870. The summed E-state index contributed by atoms with van der Waals surface area (Å²) in [6, 6.07) is 2.92. The Bertz CT molecular complexity index is 639. The number of thiophene rings is 1. The average molecular weight is 294 g/mol. The Morgan fingerprint density at radius 3 is 3.00 bits per heavy atom. The molecule has 2 bridgehead atoms. The van der Waals surface area contributed by atoms with Crippen LogP contribution in [0.2, 0.25) is 5.28 Å². The Kier molecular flexibility index (Phi) is 2.71. The van der Waals surface area contributed by atoms with E-state index in [1.807, 2.05) is 0 Å². The van der Waals surface area contributed by atoms with E-state index in [0.29, 0.717) is 11.3 Å². The summed E-state index contributed by atoms with van der Waals surface area (Å²) in [6.45, 7) is 3.32. The first kappa shape index (κ1) is 11.9. The van der Waals surface area contributed by atoms with Crippen molar-refractivity contribution >= 4 is 39.0 Å². The van der Waals surface area contributed by atoms with Crippen molar-refractivity contribution in [3.63, 3.8) is 0 Å². The highest BCUT2D eigenvalue weighted by Crippen LogP contribution is 2.42. The first-order chi connectivity index (χ1) is 9.24. The zero-order chi connectivity index (χ0) is 13.0. The third-order valence-corrected chi connectivity index (χ3v) is 5.77. The lowest BCUT2D eigenvalue weighted by atomic mass is 10.1. The number of halogens is 1. The lowest BCUT2D eigenvalue weighted by Gasteiger charge is -2.28. The van der Waals surface area contributed by atoms with E-state index >= 15 is 0 Å². The molecule has 0 spiro atoms. The van der Waals surface area contributed by atoms with Crippen LogP contribution in [0.5, 0.6) is 0 Å². The van der Waals surface area contributed by atoms with Crippen LogP contribution in [0, 0.1) is 5.92 Å². The van der Waals surface area contributed by atoms with Crippen LogP contribution >= 0.6 is 22.9 Å². The molecule has 1 saturated carbocycles. The molecular formula is C14H16ClN3S. The molecular weight excluding hydrogens is 278 g/mol. The van der Waals surface area contributed by atoms with Crippen LogP contribution in [0.4, 0.5) is 5.82 Å². The topological polar surface area (TPSA) is 29.0 Å². The van der Waals surface area contributed by atoms with E-state index in [4.69, 9.17) is 11.6 Å². The third kappa shape index (κ3) is 1.84. The lowest BCUT2D eigenvalue weighted by molar-refractivity contribution is 0.551. The van der Waals surface area contributed by atoms with Gasteiger partial charge in [-0.3, -0.25) is 0 Å². The first-order valence-corrected chi connectivity index (χ1v) is 8.16. The summed E-state index contributed by atoms with van der Waals surface area (Å²) in [6.07, 6.45) is 5.06. The molecule has 3 nitrogen and oxygen atoms in total. The quantitative estimate of drug-likeness (QED) is 0.787. The number of aromatic nitrogens is 2. The number of nitrogens with zero attached hydrogens (tertiary/aromatic N) is 3. The van der Waals surface area contributed by atoms with Gasteiger partial charge in [0.05, 0.1) is 5.39 Å². The predicted molar refractivity (Wildman–Crippen MR) is 80.3 cm³/mol. The summed E-state index contributed by atoms with van der Waals surface area (Å²) in [5, 5.41) is 1.58. The van der Waals surface area contributed by atoms with Gasteiger partial charge < -0.3 is 4.90 Å². The molecule has 2 atom stereocenters. The highest BCUT2D eigenvalue weighted by Gasteiger charge is 2.39. The van der Waals surface area contributed by atoms with Crippen molar-refractivity contribution in [3.05, 3.63) is 16.2 Å². The molecule has 100 valence electrons. The number of anilines is 1. The second-order valence-electron chi connectivity index (χ2n) is 5.59. The van der Waals surface area contributed by atoms with Crippen LogP contribution in [-0.4, -0.2) is 22.6 Å². The third-order valence-electron chi connectivity index (χ3n) is 4.43. The molecule has 1 aliphatic heterocycles. The molecule has 0 aromatic carbocycles. The van der Waals surface area contributed by atoms with Gasteiger partial charge in [-0.25, -0.2) is 4.98 Å². The largest absolute Gasteiger partial charge is 0.353 e. The van der Waals surface area contributed by atoms with Gasteiger partial charge in [-0.2, -0.15) is 4.98 Å². The normalized spacial score (nSPS) is 25.7. The number of hydrogen-bond donors (Lipinski definition) is 0. The molecule has 2 unspecified atom stereocenters. The van der Waals surface area contributed by atoms with Gasteiger partial charge in [0, 0.05) is 17.5 Å². The molecule has 2 aromatic rings. The summed E-state index contributed by atoms with van der Waals surface area (Å²) in [5.74, 6) is 1.93. The molecule has 19 heavy (non-hydrogen) atoms. The Labute approximate surface area is 121 Å². The van der Waals surface area contributed by atoms with Crippen LogP contribution in [0.3, 0.4) is 0 Å². The lowest BCUT2D eigenvalue weighted by Crippen LogP contribution is -2.32. The van der Waals surface area contributed by atoms with Crippen molar-refractivity contribution < 1.29 is 0 Å². The second-order valence-corrected chi connectivity index (χ2v) is 7.04. The molecule has 2 aromatic heterocycles. The molecule has 1 saturated heterocycles. The summed E-state index contributed by atoms with van der Waals surface area (Å²) >= 11 is 7.86. The minimum absolute atomic E-state index is 0.384. The summed E-state index contributed by atoms with van der Waals surface area (Å²) in [5.41, 5.74) is 0. The minimum Gasteiger partial charge on any atom is -0.353 e. The Balaban J connectivity index is 1.86. The second kappa shape index (κ2) is 4.32. The molecule has 5 heteroatoms. The van der Waals surface area contributed by atoms with E-state index < -0.39 is 0 Å². The number of aryl methyl sites for hydroxylation is 1.